The van der Waals surface area contributed by atoms with Crippen molar-refractivity contribution >= 4 is 5.82 Å². The van der Waals surface area contributed by atoms with Crippen LogP contribution in [0, 0.1) is 18.8 Å². The SMILES string of the molecule is Cc1cncnc1N1CC2CN(Cc3nnc4n3CCC4)CC2C1. The van der Waals surface area contributed by atoms with E-state index in [9.17, 15) is 0 Å². The van der Waals surface area contributed by atoms with Crippen molar-refractivity contribution in [1.82, 2.24) is 29.6 Å². The minimum Gasteiger partial charge on any atom is -0.356 e. The van der Waals surface area contributed by atoms with Gasteiger partial charge in [0.25, 0.3) is 0 Å². The second kappa shape index (κ2) is 5.51. The smallest absolute Gasteiger partial charge is 0.147 e. The van der Waals surface area contributed by atoms with Gasteiger partial charge in [-0.2, -0.15) is 0 Å². The maximum absolute atomic E-state index is 4.49. The van der Waals surface area contributed by atoms with Gasteiger partial charge in [-0.05, 0) is 25.2 Å². The van der Waals surface area contributed by atoms with E-state index in [1.54, 1.807) is 6.33 Å². The van der Waals surface area contributed by atoms with Gasteiger partial charge in [0.15, 0.2) is 0 Å². The number of rotatable bonds is 3. The Morgan fingerprint density at radius 1 is 1.12 bits per heavy atom. The zero-order chi connectivity index (χ0) is 16.1. The quantitative estimate of drug-likeness (QED) is 0.835. The number of hydrogen-bond acceptors (Lipinski definition) is 6. The molecular weight excluding hydrogens is 302 g/mol. The fourth-order valence-electron chi connectivity index (χ4n) is 4.64. The summed E-state index contributed by atoms with van der Waals surface area (Å²) >= 11 is 0. The molecule has 3 aliphatic heterocycles. The average Bonchev–Trinajstić information content (AvgIpc) is 3.29. The molecule has 2 aromatic heterocycles. The minimum atomic E-state index is 0.736. The van der Waals surface area contributed by atoms with Gasteiger partial charge in [0, 0.05) is 50.9 Å². The molecule has 2 saturated heterocycles. The van der Waals surface area contributed by atoms with E-state index >= 15 is 0 Å². The predicted octanol–water partition coefficient (Wildman–Crippen LogP) is 0.891. The van der Waals surface area contributed by atoms with E-state index in [4.69, 9.17) is 0 Å². The number of aromatic nitrogens is 5. The van der Waals surface area contributed by atoms with Crippen molar-refractivity contribution in [3.8, 4) is 0 Å². The van der Waals surface area contributed by atoms with Gasteiger partial charge in [-0.1, -0.05) is 0 Å². The van der Waals surface area contributed by atoms with E-state index in [0.717, 1.165) is 69.2 Å². The Hall–Kier alpha value is -2.02. The first-order chi connectivity index (χ1) is 11.8. The van der Waals surface area contributed by atoms with Crippen LogP contribution >= 0.6 is 0 Å². The van der Waals surface area contributed by atoms with Crippen LogP contribution in [0.5, 0.6) is 0 Å². The monoisotopic (exact) mass is 325 g/mol. The highest BCUT2D eigenvalue weighted by Crippen LogP contribution is 2.34. The number of likely N-dealkylation sites (tertiary alicyclic amines) is 1. The fourth-order valence-corrected chi connectivity index (χ4v) is 4.64. The van der Waals surface area contributed by atoms with E-state index in [-0.39, 0.29) is 0 Å². The van der Waals surface area contributed by atoms with Gasteiger partial charge >= 0.3 is 0 Å². The molecule has 7 nitrogen and oxygen atoms in total. The number of fused-ring (bicyclic) bond motifs is 2. The first kappa shape index (κ1) is 14.3. The molecule has 2 atom stereocenters. The summed E-state index contributed by atoms with van der Waals surface area (Å²) in [6, 6.07) is 0. The first-order valence-electron chi connectivity index (χ1n) is 8.93. The third-order valence-corrected chi connectivity index (χ3v) is 5.78. The average molecular weight is 325 g/mol. The molecule has 7 heteroatoms. The summed E-state index contributed by atoms with van der Waals surface area (Å²) in [4.78, 5) is 13.6. The van der Waals surface area contributed by atoms with Crippen molar-refractivity contribution in [3.63, 3.8) is 0 Å². The Morgan fingerprint density at radius 3 is 2.75 bits per heavy atom. The van der Waals surface area contributed by atoms with Crippen molar-refractivity contribution in [2.24, 2.45) is 11.8 Å². The summed E-state index contributed by atoms with van der Waals surface area (Å²) in [6.45, 7) is 8.68. The molecule has 0 amide bonds. The summed E-state index contributed by atoms with van der Waals surface area (Å²) in [5.41, 5.74) is 1.17. The van der Waals surface area contributed by atoms with Crippen molar-refractivity contribution in [1.29, 1.82) is 0 Å². The molecule has 2 fully saturated rings. The maximum Gasteiger partial charge on any atom is 0.147 e. The van der Waals surface area contributed by atoms with Crippen LogP contribution in [0.4, 0.5) is 5.82 Å². The van der Waals surface area contributed by atoms with Gasteiger partial charge in [-0.3, -0.25) is 4.90 Å². The zero-order valence-corrected chi connectivity index (χ0v) is 14.1. The van der Waals surface area contributed by atoms with E-state index < -0.39 is 0 Å². The highest BCUT2D eigenvalue weighted by molar-refractivity contribution is 5.46. The Kier molecular flexibility index (Phi) is 3.29. The Labute approximate surface area is 141 Å². The number of hydrogen-bond donors (Lipinski definition) is 0. The summed E-state index contributed by atoms with van der Waals surface area (Å²) in [6.07, 6.45) is 5.88. The van der Waals surface area contributed by atoms with E-state index in [0.29, 0.717) is 0 Å². The third-order valence-electron chi connectivity index (χ3n) is 5.78. The van der Waals surface area contributed by atoms with Gasteiger partial charge in [0.1, 0.15) is 23.8 Å². The number of nitrogens with zero attached hydrogens (tertiary/aromatic N) is 7. The highest BCUT2D eigenvalue weighted by Gasteiger charge is 2.41. The Balaban J connectivity index is 1.25. The normalized spacial score (nSPS) is 26.1. The van der Waals surface area contributed by atoms with Crippen LogP contribution in [0.1, 0.15) is 23.6 Å². The molecule has 0 radical (unpaired) electrons. The topological polar surface area (TPSA) is 63.0 Å². The van der Waals surface area contributed by atoms with Crippen LogP contribution in [-0.4, -0.2) is 55.8 Å². The molecule has 126 valence electrons. The van der Waals surface area contributed by atoms with E-state index in [1.807, 2.05) is 6.20 Å². The molecule has 0 bridgehead atoms. The van der Waals surface area contributed by atoms with Gasteiger partial charge in [0.05, 0.1) is 6.54 Å². The Morgan fingerprint density at radius 2 is 1.96 bits per heavy atom. The van der Waals surface area contributed by atoms with Crippen molar-refractivity contribution in [3.05, 3.63) is 29.7 Å². The Bertz CT molecular complexity index is 741. The second-order valence-corrected chi connectivity index (χ2v) is 7.44. The lowest BCUT2D eigenvalue weighted by Gasteiger charge is -2.23. The lowest BCUT2D eigenvalue weighted by atomic mass is 10.0. The van der Waals surface area contributed by atoms with E-state index in [2.05, 4.69) is 41.5 Å². The van der Waals surface area contributed by atoms with Crippen molar-refractivity contribution in [2.45, 2.75) is 32.9 Å². The van der Waals surface area contributed by atoms with Gasteiger partial charge < -0.3 is 9.47 Å². The van der Waals surface area contributed by atoms with Crippen LogP contribution in [0.25, 0.3) is 0 Å². The highest BCUT2D eigenvalue weighted by atomic mass is 15.3. The summed E-state index contributed by atoms with van der Waals surface area (Å²) in [7, 11) is 0. The van der Waals surface area contributed by atoms with Crippen LogP contribution in [0.3, 0.4) is 0 Å². The van der Waals surface area contributed by atoms with Crippen LogP contribution in [-0.2, 0) is 19.5 Å². The lowest BCUT2D eigenvalue weighted by Crippen LogP contribution is -2.30. The first-order valence-corrected chi connectivity index (χ1v) is 8.93. The van der Waals surface area contributed by atoms with Gasteiger partial charge in [-0.25, -0.2) is 9.97 Å². The summed E-state index contributed by atoms with van der Waals surface area (Å²) < 4.78 is 2.32. The van der Waals surface area contributed by atoms with Crippen LogP contribution < -0.4 is 4.90 Å². The molecule has 24 heavy (non-hydrogen) atoms. The molecule has 0 saturated carbocycles. The maximum atomic E-state index is 4.49. The molecule has 5 rings (SSSR count). The fraction of sp³-hybridized carbons (Fsp3) is 0.647. The molecule has 0 spiro atoms. The van der Waals surface area contributed by atoms with Gasteiger partial charge in [-0.15, -0.1) is 10.2 Å². The summed E-state index contributed by atoms with van der Waals surface area (Å²) in [5, 5.41) is 8.75. The predicted molar refractivity (Wildman–Crippen MR) is 89.6 cm³/mol. The molecule has 0 aliphatic carbocycles. The third kappa shape index (κ3) is 2.30. The lowest BCUT2D eigenvalue weighted by molar-refractivity contribution is 0.296. The zero-order valence-electron chi connectivity index (χ0n) is 14.1. The minimum absolute atomic E-state index is 0.736. The number of anilines is 1. The van der Waals surface area contributed by atoms with E-state index in [1.165, 1.54) is 17.8 Å². The largest absolute Gasteiger partial charge is 0.356 e. The van der Waals surface area contributed by atoms with Crippen molar-refractivity contribution < 1.29 is 0 Å². The molecule has 2 aromatic rings. The second-order valence-electron chi connectivity index (χ2n) is 7.44. The van der Waals surface area contributed by atoms with Crippen molar-refractivity contribution in [2.75, 3.05) is 31.1 Å². The molecule has 0 N–H and O–H groups in total. The molecular formula is C17H23N7. The molecule has 3 aliphatic rings. The standard InChI is InChI=1S/C17H23N7/c1-12-5-18-11-19-17(12)23-8-13-6-22(7-14(13)9-23)10-16-21-20-15-3-2-4-24(15)16/h5,11,13-14H,2-4,6-10H2,1H3. The molecule has 2 unspecified atom stereocenters. The van der Waals surface area contributed by atoms with Gasteiger partial charge in [0.2, 0.25) is 0 Å². The summed E-state index contributed by atoms with van der Waals surface area (Å²) in [5.74, 6) is 4.92. The van der Waals surface area contributed by atoms with Crippen LogP contribution in [0.15, 0.2) is 12.5 Å². The molecule has 0 aromatic carbocycles. The molecule has 5 heterocycles. The van der Waals surface area contributed by atoms with Crippen LogP contribution in [0.2, 0.25) is 0 Å². The number of aryl methyl sites for hydroxylation is 2.